The third-order valence-corrected chi connectivity index (χ3v) is 10.5. The third kappa shape index (κ3) is 7.60. The molecule has 0 saturated carbocycles. The normalized spacial score (nSPS) is 11.9. The first-order chi connectivity index (χ1) is 28.2. The van der Waals surface area contributed by atoms with Crippen molar-refractivity contribution in [1.82, 2.24) is 4.98 Å². The molecule has 0 saturated heterocycles. The first-order valence-corrected chi connectivity index (χ1v) is 19.2. The highest BCUT2D eigenvalue weighted by Crippen LogP contribution is 2.37. The monoisotopic (exact) mass is 729 g/mol. The van der Waals surface area contributed by atoms with Gasteiger partial charge in [-0.05, 0) is 86.3 Å². The number of aliphatic imine (C=N–C) groups is 2. The zero-order valence-corrected chi connectivity index (χ0v) is 31.5. The predicted molar refractivity (Wildman–Crippen MR) is 242 cm³/mol. The fraction of sp³-hybridized carbons (Fsp3) is 0.0185. The molecule has 1 heterocycles. The van der Waals surface area contributed by atoms with Crippen molar-refractivity contribution in [2.75, 3.05) is 0 Å². The lowest BCUT2D eigenvalue weighted by atomic mass is 9.94. The van der Waals surface area contributed by atoms with Gasteiger partial charge in [-0.3, -0.25) is 9.98 Å². The van der Waals surface area contributed by atoms with Gasteiger partial charge in [-0.2, -0.15) is 0 Å². The lowest BCUT2D eigenvalue weighted by molar-refractivity contribution is 1.07. The molecule has 0 aliphatic carbocycles. The summed E-state index contributed by atoms with van der Waals surface area (Å²) < 4.78 is 0. The molecular weight excluding hydrogens is 691 g/mol. The molecule has 3 nitrogen and oxygen atoms in total. The van der Waals surface area contributed by atoms with Crippen molar-refractivity contribution < 1.29 is 0 Å². The number of aromatic nitrogens is 1. The van der Waals surface area contributed by atoms with Gasteiger partial charge in [0, 0.05) is 16.5 Å². The van der Waals surface area contributed by atoms with E-state index in [-0.39, 0.29) is 0 Å². The lowest BCUT2D eigenvalue weighted by Gasteiger charge is -2.13. The van der Waals surface area contributed by atoms with Gasteiger partial charge < -0.3 is 0 Å². The number of rotatable bonds is 10. The van der Waals surface area contributed by atoms with Gasteiger partial charge in [0.05, 0.1) is 29.2 Å². The van der Waals surface area contributed by atoms with E-state index in [1.807, 2.05) is 18.2 Å². The maximum absolute atomic E-state index is 5.26. The number of hydrogen-bond acceptors (Lipinski definition) is 3. The average molecular weight is 730 g/mol. The number of fused-ring (bicyclic) bond motifs is 3. The van der Waals surface area contributed by atoms with E-state index < -0.39 is 0 Å². The van der Waals surface area contributed by atoms with Crippen LogP contribution in [0.2, 0.25) is 0 Å². The Balaban J connectivity index is 1.09. The Morgan fingerprint density at radius 2 is 1.05 bits per heavy atom. The number of allylic oxidation sites excluding steroid dienone is 1. The van der Waals surface area contributed by atoms with E-state index >= 15 is 0 Å². The van der Waals surface area contributed by atoms with Crippen molar-refractivity contribution >= 4 is 39.8 Å². The third-order valence-electron chi connectivity index (χ3n) is 10.5. The van der Waals surface area contributed by atoms with Crippen LogP contribution in [0.3, 0.4) is 0 Å². The van der Waals surface area contributed by atoms with Gasteiger partial charge in [0.1, 0.15) is 0 Å². The molecule has 0 radical (unpaired) electrons. The summed E-state index contributed by atoms with van der Waals surface area (Å²) in [5, 5.41) is 3.57. The molecule has 0 atom stereocenters. The molecule has 0 bridgehead atoms. The van der Waals surface area contributed by atoms with Crippen LogP contribution in [0.15, 0.2) is 222 Å². The van der Waals surface area contributed by atoms with E-state index in [1.165, 1.54) is 38.4 Å². The maximum Gasteiger partial charge on any atom is 0.0722 e. The van der Waals surface area contributed by atoms with E-state index in [1.54, 1.807) is 0 Å². The minimum atomic E-state index is 0.473. The van der Waals surface area contributed by atoms with Crippen LogP contribution in [0.1, 0.15) is 16.7 Å². The molecule has 0 fully saturated rings. The van der Waals surface area contributed by atoms with Crippen LogP contribution < -0.4 is 0 Å². The highest BCUT2D eigenvalue weighted by Gasteiger charge is 2.14. The topological polar surface area (TPSA) is 37.6 Å². The fourth-order valence-corrected chi connectivity index (χ4v) is 7.50. The van der Waals surface area contributed by atoms with E-state index in [9.17, 15) is 0 Å². The Morgan fingerprint density at radius 1 is 0.491 bits per heavy atom. The van der Waals surface area contributed by atoms with E-state index in [4.69, 9.17) is 9.98 Å². The van der Waals surface area contributed by atoms with Gasteiger partial charge in [-0.1, -0.05) is 188 Å². The van der Waals surface area contributed by atoms with Gasteiger partial charge in [-0.25, -0.2) is 4.98 Å². The smallest absolute Gasteiger partial charge is 0.0722 e. The van der Waals surface area contributed by atoms with Crippen molar-refractivity contribution in [2.45, 2.75) is 6.54 Å². The second-order valence-electron chi connectivity index (χ2n) is 14.1. The van der Waals surface area contributed by atoms with Crippen molar-refractivity contribution in [3.8, 4) is 44.6 Å². The summed E-state index contributed by atoms with van der Waals surface area (Å²) in [5.74, 6) is 0. The van der Waals surface area contributed by atoms with Crippen LogP contribution in [0, 0.1) is 0 Å². The van der Waals surface area contributed by atoms with Gasteiger partial charge >= 0.3 is 0 Å². The van der Waals surface area contributed by atoms with E-state index in [0.29, 0.717) is 6.54 Å². The molecule has 1 aromatic heterocycles. The largest absolute Gasteiger partial charge is 0.280 e. The molecule has 0 aliphatic rings. The number of hydrogen-bond donors (Lipinski definition) is 0. The van der Waals surface area contributed by atoms with Crippen LogP contribution >= 0.6 is 0 Å². The summed E-state index contributed by atoms with van der Waals surface area (Å²) in [6.45, 7) is 4.44. The summed E-state index contributed by atoms with van der Waals surface area (Å²) in [6.07, 6.45) is 2.05. The van der Waals surface area contributed by atoms with Gasteiger partial charge in [0.25, 0.3) is 0 Å². The highest BCUT2D eigenvalue weighted by molar-refractivity contribution is 6.14. The fourth-order valence-electron chi connectivity index (χ4n) is 7.50. The summed E-state index contributed by atoms with van der Waals surface area (Å²) >= 11 is 0. The lowest BCUT2D eigenvalue weighted by Crippen LogP contribution is -2.00. The van der Waals surface area contributed by atoms with Crippen molar-refractivity contribution in [3.63, 3.8) is 0 Å². The van der Waals surface area contributed by atoms with Crippen molar-refractivity contribution in [3.05, 3.63) is 229 Å². The molecule has 57 heavy (non-hydrogen) atoms. The summed E-state index contributed by atoms with van der Waals surface area (Å²) in [6, 6.07) is 72.2. The molecule has 0 N–H and O–H groups in total. The van der Waals surface area contributed by atoms with Crippen LogP contribution in [0.5, 0.6) is 0 Å². The summed E-state index contributed by atoms with van der Waals surface area (Å²) in [4.78, 5) is 15.0. The summed E-state index contributed by atoms with van der Waals surface area (Å²) in [7, 11) is 0. The zero-order chi connectivity index (χ0) is 38.4. The Labute approximate surface area is 333 Å². The molecule has 0 spiro atoms. The number of pyridine rings is 1. The Hall–Kier alpha value is -7.49. The molecule has 0 aliphatic heterocycles. The first-order valence-electron chi connectivity index (χ1n) is 19.2. The molecule has 9 aromatic rings. The molecule has 270 valence electrons. The predicted octanol–water partition coefficient (Wildman–Crippen LogP) is 13.8. The van der Waals surface area contributed by atoms with Gasteiger partial charge in [0.15, 0.2) is 0 Å². The molecule has 3 heteroatoms. The van der Waals surface area contributed by atoms with Gasteiger partial charge in [0.2, 0.25) is 0 Å². The standard InChI is InChI=1S/C54H39N3/c1-55-51(45-28-24-41(25-29-45)39-15-5-2-6-16-39)36-52(46-30-26-42(27-31-46)40-17-7-3-8-18-40)56-37-38-14-13-22-47(34-38)53-35-49(43-19-9-4-10-20-43)54-48-23-12-11-21-44(48)32-33-50(54)57-53/h2-36H,1,37H2/b51-36-,56-52+. The van der Waals surface area contributed by atoms with Crippen LogP contribution in [-0.2, 0) is 6.54 Å². The molecule has 0 amide bonds. The minimum absolute atomic E-state index is 0.473. The van der Waals surface area contributed by atoms with Crippen LogP contribution in [0.4, 0.5) is 0 Å². The molecule has 9 rings (SSSR count). The zero-order valence-electron chi connectivity index (χ0n) is 31.5. The van der Waals surface area contributed by atoms with Crippen molar-refractivity contribution in [2.24, 2.45) is 9.98 Å². The Kier molecular flexibility index (Phi) is 9.94. The second kappa shape index (κ2) is 16.1. The van der Waals surface area contributed by atoms with E-state index in [0.717, 1.165) is 56.0 Å². The van der Waals surface area contributed by atoms with Crippen molar-refractivity contribution in [1.29, 1.82) is 0 Å². The maximum atomic E-state index is 5.26. The van der Waals surface area contributed by atoms with Gasteiger partial charge in [-0.15, -0.1) is 0 Å². The quantitative estimate of drug-likeness (QED) is 0.102. The molecule has 0 unspecified atom stereocenters. The Morgan fingerprint density at radius 3 is 1.70 bits per heavy atom. The minimum Gasteiger partial charge on any atom is -0.280 e. The summed E-state index contributed by atoms with van der Waals surface area (Å²) in [5.41, 5.74) is 14.6. The first kappa shape index (κ1) is 35.2. The number of nitrogens with zero attached hydrogens (tertiary/aromatic N) is 3. The average Bonchev–Trinajstić information content (AvgIpc) is 3.30. The Bertz CT molecular complexity index is 2890. The molecular formula is C54H39N3. The van der Waals surface area contributed by atoms with E-state index in [2.05, 4.69) is 206 Å². The SMILES string of the molecule is C=N/C(=C\C(=N/Cc1cccc(-c2cc(-c3ccccc3)c3c(ccc4ccccc43)n2)c1)c1ccc(-c2ccccc2)cc1)c1ccc(-c2ccccc2)cc1. The molecule has 8 aromatic carbocycles. The second-order valence-corrected chi connectivity index (χ2v) is 14.1. The number of benzene rings is 8. The highest BCUT2D eigenvalue weighted by atomic mass is 14.8. The van der Waals surface area contributed by atoms with Crippen LogP contribution in [-0.4, -0.2) is 17.4 Å². The van der Waals surface area contributed by atoms with Crippen LogP contribution in [0.25, 0.3) is 72.0 Å².